The van der Waals surface area contributed by atoms with Crippen molar-refractivity contribution < 1.29 is 9.53 Å². The van der Waals surface area contributed by atoms with Gasteiger partial charge in [0.2, 0.25) is 0 Å². The van der Waals surface area contributed by atoms with E-state index >= 15 is 0 Å². The summed E-state index contributed by atoms with van der Waals surface area (Å²) in [5, 5.41) is 7.42. The number of hydrogen-bond donors (Lipinski definition) is 1. The maximum absolute atomic E-state index is 12.4. The van der Waals surface area contributed by atoms with E-state index in [9.17, 15) is 4.79 Å². The highest BCUT2D eigenvalue weighted by Gasteiger charge is 2.29. The van der Waals surface area contributed by atoms with Crippen molar-refractivity contribution >= 4 is 11.7 Å². The highest BCUT2D eigenvalue weighted by atomic mass is 16.5. The Kier molecular flexibility index (Phi) is 4.32. The van der Waals surface area contributed by atoms with Crippen molar-refractivity contribution in [1.29, 1.82) is 0 Å². The standard InChI is InChI=1S/C14H24N4O2/c1-6-18-11(4)13(9(2)16-18)15-14(19)17-7-8-20-12(5)10(17)3/h10,12H,6-8H2,1-5H3,(H,15,19). The first kappa shape index (κ1) is 14.8. The highest BCUT2D eigenvalue weighted by molar-refractivity contribution is 5.90. The zero-order valence-corrected chi connectivity index (χ0v) is 12.9. The van der Waals surface area contributed by atoms with E-state index in [4.69, 9.17) is 4.74 Å². The lowest BCUT2D eigenvalue weighted by Gasteiger charge is -2.37. The first-order valence-corrected chi connectivity index (χ1v) is 7.19. The van der Waals surface area contributed by atoms with Crippen molar-refractivity contribution in [3.05, 3.63) is 11.4 Å². The van der Waals surface area contributed by atoms with Gasteiger partial charge in [-0.25, -0.2) is 4.79 Å². The fraction of sp³-hybridized carbons (Fsp3) is 0.714. The van der Waals surface area contributed by atoms with Crippen LogP contribution < -0.4 is 5.32 Å². The lowest BCUT2D eigenvalue weighted by Crippen LogP contribution is -2.52. The predicted molar refractivity (Wildman–Crippen MR) is 78.0 cm³/mol. The minimum atomic E-state index is -0.0745. The van der Waals surface area contributed by atoms with Crippen molar-refractivity contribution in [3.63, 3.8) is 0 Å². The van der Waals surface area contributed by atoms with Crippen molar-refractivity contribution in [2.45, 2.75) is 53.3 Å². The number of nitrogens with zero attached hydrogens (tertiary/aromatic N) is 3. The summed E-state index contributed by atoms with van der Waals surface area (Å²) in [5.41, 5.74) is 2.67. The Morgan fingerprint density at radius 3 is 2.75 bits per heavy atom. The summed E-state index contributed by atoms with van der Waals surface area (Å²) < 4.78 is 7.45. The minimum absolute atomic E-state index is 0.0649. The van der Waals surface area contributed by atoms with Crippen LogP contribution in [-0.4, -0.2) is 46.0 Å². The van der Waals surface area contributed by atoms with E-state index in [1.54, 1.807) is 0 Å². The minimum Gasteiger partial charge on any atom is -0.375 e. The molecule has 1 saturated heterocycles. The molecule has 1 fully saturated rings. The van der Waals surface area contributed by atoms with Crippen LogP contribution in [0.4, 0.5) is 10.5 Å². The molecule has 6 nitrogen and oxygen atoms in total. The number of urea groups is 1. The average Bonchev–Trinajstić information content (AvgIpc) is 2.69. The molecule has 0 bridgehead atoms. The Balaban J connectivity index is 2.13. The molecule has 2 atom stereocenters. The number of aryl methyl sites for hydroxylation is 2. The number of rotatable bonds is 2. The molecule has 0 spiro atoms. The van der Waals surface area contributed by atoms with Crippen LogP contribution in [0.2, 0.25) is 0 Å². The molecule has 112 valence electrons. The van der Waals surface area contributed by atoms with Gasteiger partial charge in [-0.05, 0) is 34.6 Å². The maximum Gasteiger partial charge on any atom is 0.322 e. The molecule has 1 N–H and O–H groups in total. The first-order valence-electron chi connectivity index (χ1n) is 7.19. The molecular formula is C14H24N4O2. The van der Waals surface area contributed by atoms with Gasteiger partial charge in [-0.2, -0.15) is 5.10 Å². The SMILES string of the molecule is CCn1nc(C)c(NC(=O)N2CCOC(C)C2C)c1C. The Labute approximate surface area is 120 Å². The van der Waals surface area contributed by atoms with Gasteiger partial charge >= 0.3 is 6.03 Å². The van der Waals surface area contributed by atoms with Crippen molar-refractivity contribution in [1.82, 2.24) is 14.7 Å². The van der Waals surface area contributed by atoms with E-state index in [0.717, 1.165) is 23.6 Å². The molecular weight excluding hydrogens is 256 g/mol. The molecule has 0 radical (unpaired) electrons. The number of aromatic nitrogens is 2. The zero-order valence-electron chi connectivity index (χ0n) is 12.9. The monoisotopic (exact) mass is 280 g/mol. The number of ether oxygens (including phenoxy) is 1. The number of amides is 2. The van der Waals surface area contributed by atoms with Crippen LogP contribution in [0.5, 0.6) is 0 Å². The number of anilines is 1. The number of hydrogen-bond acceptors (Lipinski definition) is 3. The maximum atomic E-state index is 12.4. The van der Waals surface area contributed by atoms with Crippen LogP contribution in [0, 0.1) is 13.8 Å². The molecule has 0 aliphatic carbocycles. The van der Waals surface area contributed by atoms with Gasteiger partial charge in [0, 0.05) is 13.1 Å². The van der Waals surface area contributed by atoms with Crippen LogP contribution in [-0.2, 0) is 11.3 Å². The summed E-state index contributed by atoms with van der Waals surface area (Å²) in [6.07, 6.45) is 0.0649. The lowest BCUT2D eigenvalue weighted by atomic mass is 10.1. The molecule has 0 aromatic carbocycles. The van der Waals surface area contributed by atoms with Crippen molar-refractivity contribution in [2.24, 2.45) is 0 Å². The molecule has 2 heterocycles. The zero-order chi connectivity index (χ0) is 14.9. The summed E-state index contributed by atoms with van der Waals surface area (Å²) in [6.45, 7) is 12.0. The summed E-state index contributed by atoms with van der Waals surface area (Å²) in [4.78, 5) is 14.3. The van der Waals surface area contributed by atoms with Crippen molar-refractivity contribution in [3.8, 4) is 0 Å². The van der Waals surface area contributed by atoms with E-state index in [1.807, 2.05) is 44.2 Å². The van der Waals surface area contributed by atoms with E-state index in [-0.39, 0.29) is 18.2 Å². The lowest BCUT2D eigenvalue weighted by molar-refractivity contribution is -0.0355. The third-order valence-corrected chi connectivity index (χ3v) is 4.06. The largest absolute Gasteiger partial charge is 0.375 e. The van der Waals surface area contributed by atoms with E-state index in [1.165, 1.54) is 0 Å². The summed E-state index contributed by atoms with van der Waals surface area (Å²) in [5.74, 6) is 0. The van der Waals surface area contributed by atoms with Gasteiger partial charge < -0.3 is 15.0 Å². The number of nitrogens with one attached hydrogen (secondary N) is 1. The normalized spacial score (nSPS) is 22.9. The summed E-state index contributed by atoms with van der Waals surface area (Å²) >= 11 is 0. The highest BCUT2D eigenvalue weighted by Crippen LogP contribution is 2.21. The third kappa shape index (κ3) is 2.65. The van der Waals surface area contributed by atoms with Gasteiger partial charge in [-0.3, -0.25) is 4.68 Å². The van der Waals surface area contributed by atoms with Gasteiger partial charge in [0.05, 0.1) is 35.8 Å². The topological polar surface area (TPSA) is 59.4 Å². The third-order valence-electron chi connectivity index (χ3n) is 4.06. The van der Waals surface area contributed by atoms with Gasteiger partial charge in [-0.15, -0.1) is 0 Å². The van der Waals surface area contributed by atoms with E-state index in [0.29, 0.717) is 13.2 Å². The van der Waals surface area contributed by atoms with Gasteiger partial charge in [0.15, 0.2) is 0 Å². The molecule has 1 aromatic heterocycles. The van der Waals surface area contributed by atoms with Crippen LogP contribution in [0.25, 0.3) is 0 Å². The average molecular weight is 280 g/mol. The van der Waals surface area contributed by atoms with Crippen LogP contribution in [0.15, 0.2) is 0 Å². The molecule has 2 unspecified atom stereocenters. The molecule has 6 heteroatoms. The molecule has 1 aromatic rings. The Bertz CT molecular complexity index is 498. The van der Waals surface area contributed by atoms with Crippen molar-refractivity contribution in [2.75, 3.05) is 18.5 Å². The Morgan fingerprint density at radius 1 is 1.45 bits per heavy atom. The smallest absolute Gasteiger partial charge is 0.322 e. The van der Waals surface area contributed by atoms with E-state index in [2.05, 4.69) is 10.4 Å². The molecule has 0 saturated carbocycles. The summed E-state index contributed by atoms with van der Waals surface area (Å²) in [7, 11) is 0. The van der Waals surface area contributed by atoms with Crippen LogP contribution in [0.3, 0.4) is 0 Å². The van der Waals surface area contributed by atoms with Gasteiger partial charge in [-0.1, -0.05) is 0 Å². The molecule has 2 amide bonds. The Morgan fingerprint density at radius 2 is 2.15 bits per heavy atom. The predicted octanol–water partition coefficient (Wildman–Crippen LogP) is 2.16. The van der Waals surface area contributed by atoms with Crippen LogP contribution >= 0.6 is 0 Å². The molecule has 1 aliphatic heterocycles. The molecule has 1 aliphatic rings. The van der Waals surface area contributed by atoms with Gasteiger partial charge in [0.25, 0.3) is 0 Å². The second kappa shape index (κ2) is 5.83. The number of carbonyl (C=O) groups excluding carboxylic acids is 1. The second-order valence-electron chi connectivity index (χ2n) is 5.30. The summed E-state index contributed by atoms with van der Waals surface area (Å²) in [6, 6.07) is 0.0000790. The quantitative estimate of drug-likeness (QED) is 0.903. The molecule has 2 rings (SSSR count). The number of morpholine rings is 1. The van der Waals surface area contributed by atoms with Gasteiger partial charge in [0.1, 0.15) is 0 Å². The second-order valence-corrected chi connectivity index (χ2v) is 5.30. The number of carbonyl (C=O) groups is 1. The Hall–Kier alpha value is -1.56. The van der Waals surface area contributed by atoms with E-state index < -0.39 is 0 Å². The van der Waals surface area contributed by atoms with Crippen LogP contribution in [0.1, 0.15) is 32.2 Å². The fourth-order valence-corrected chi connectivity index (χ4v) is 2.58. The first-order chi connectivity index (χ1) is 9.45. The fourth-order valence-electron chi connectivity index (χ4n) is 2.58. The molecule has 20 heavy (non-hydrogen) atoms.